The van der Waals surface area contributed by atoms with Gasteiger partial charge in [-0.1, -0.05) is 61.5 Å². The minimum atomic E-state index is -0.488. The maximum absolute atomic E-state index is 6.74. The first-order valence-corrected chi connectivity index (χ1v) is 12.5. The monoisotopic (exact) mass is 477 g/mol. The van der Waals surface area contributed by atoms with Gasteiger partial charge >= 0.3 is 0 Å². The summed E-state index contributed by atoms with van der Waals surface area (Å²) in [6.45, 7) is 3.38. The van der Waals surface area contributed by atoms with E-state index in [2.05, 4.69) is 76.1 Å². The van der Waals surface area contributed by atoms with E-state index in [-0.39, 0.29) is 0 Å². The van der Waals surface area contributed by atoms with Crippen molar-refractivity contribution in [1.82, 2.24) is 19.6 Å². The first-order valence-electron chi connectivity index (χ1n) is 12.5. The molecule has 1 spiro atoms. The molecular weight excluding hydrogens is 450 g/mol. The third-order valence-electron chi connectivity index (χ3n) is 7.56. The second-order valence-electron chi connectivity index (χ2n) is 9.86. The maximum atomic E-state index is 6.74. The minimum Gasteiger partial charge on any atom is -0.347 e. The van der Waals surface area contributed by atoms with E-state index in [1.165, 1.54) is 0 Å². The molecule has 0 bridgehead atoms. The number of nitrogens with two attached hydrogens (primary N) is 1. The molecule has 1 saturated heterocycles. The fraction of sp³-hybridized carbons (Fsp3) is 0.276. The van der Waals surface area contributed by atoms with Crippen molar-refractivity contribution < 1.29 is 9.47 Å². The van der Waals surface area contributed by atoms with Gasteiger partial charge < -0.3 is 15.2 Å². The second kappa shape index (κ2) is 7.93. The zero-order chi connectivity index (χ0) is 24.3. The Morgan fingerprint density at radius 2 is 1.67 bits per heavy atom. The summed E-state index contributed by atoms with van der Waals surface area (Å²) in [4.78, 5) is 5.14. The van der Waals surface area contributed by atoms with Crippen LogP contribution in [0.5, 0.6) is 0 Å². The normalized spacial score (nSPS) is 18.2. The van der Waals surface area contributed by atoms with Gasteiger partial charge in [-0.15, -0.1) is 10.2 Å². The Morgan fingerprint density at radius 3 is 2.39 bits per heavy atom. The Hall–Kier alpha value is -3.65. The van der Waals surface area contributed by atoms with Gasteiger partial charge in [-0.25, -0.2) is 4.98 Å². The van der Waals surface area contributed by atoms with E-state index in [9.17, 15) is 0 Å². The Kier molecular flexibility index (Phi) is 4.76. The molecule has 0 unspecified atom stereocenters. The molecule has 0 atom stereocenters. The van der Waals surface area contributed by atoms with Crippen molar-refractivity contribution in [3.8, 4) is 22.4 Å². The van der Waals surface area contributed by atoms with E-state index in [0.717, 1.165) is 56.7 Å². The van der Waals surface area contributed by atoms with Gasteiger partial charge in [-0.05, 0) is 23.3 Å². The van der Waals surface area contributed by atoms with Crippen LogP contribution >= 0.6 is 0 Å². The summed E-state index contributed by atoms with van der Waals surface area (Å²) in [6.07, 6.45) is 4.18. The van der Waals surface area contributed by atoms with Gasteiger partial charge in [0.15, 0.2) is 11.4 Å². The van der Waals surface area contributed by atoms with E-state index in [0.29, 0.717) is 26.1 Å². The lowest BCUT2D eigenvalue weighted by Crippen LogP contribution is -2.60. The SMILES string of the molecule is CCc1nnc2c3cc(-c4ccccc4)c(-c4ccc(C5(N)CC6(C5)OCCO6)cc4)nc3ccn12. The van der Waals surface area contributed by atoms with E-state index in [4.69, 9.17) is 20.2 Å². The zero-order valence-corrected chi connectivity index (χ0v) is 20.1. The van der Waals surface area contributed by atoms with Gasteiger partial charge in [0.2, 0.25) is 0 Å². The second-order valence-corrected chi connectivity index (χ2v) is 9.86. The number of rotatable bonds is 4. The third kappa shape index (κ3) is 3.27. The van der Waals surface area contributed by atoms with Crippen LogP contribution in [-0.4, -0.2) is 38.6 Å². The number of hydrogen-bond acceptors (Lipinski definition) is 6. The van der Waals surface area contributed by atoms with E-state index in [1.807, 2.05) is 18.3 Å². The predicted octanol–water partition coefficient (Wildman–Crippen LogP) is 4.86. The Morgan fingerprint density at radius 1 is 0.917 bits per heavy atom. The lowest BCUT2D eigenvalue weighted by Gasteiger charge is -2.50. The molecule has 2 fully saturated rings. The molecule has 2 N–H and O–H groups in total. The first-order chi connectivity index (χ1) is 17.6. The summed E-state index contributed by atoms with van der Waals surface area (Å²) in [5.41, 5.74) is 13.3. The van der Waals surface area contributed by atoms with Crippen molar-refractivity contribution in [2.45, 2.75) is 37.5 Å². The first kappa shape index (κ1) is 21.6. The van der Waals surface area contributed by atoms with Gasteiger partial charge in [0, 0.05) is 42.0 Å². The molecule has 7 heteroatoms. The average Bonchev–Trinajstić information content (AvgIpc) is 3.55. The molecule has 5 aromatic rings. The standard InChI is InChI=1S/C29H27N5O2/c1-2-25-32-33-27-23-16-22(19-6-4-3-5-7-19)26(31-24(23)12-13-34(25)27)20-8-10-21(11-9-20)28(30)17-29(18-28)35-14-15-36-29/h3-13,16H,2,14-15,17-18,30H2,1H3. The predicted molar refractivity (Wildman–Crippen MR) is 138 cm³/mol. The number of ether oxygens (including phenoxy) is 2. The van der Waals surface area contributed by atoms with Crippen molar-refractivity contribution in [2.24, 2.45) is 5.73 Å². The van der Waals surface area contributed by atoms with Gasteiger partial charge in [0.1, 0.15) is 5.82 Å². The molecule has 7 rings (SSSR count). The minimum absolute atomic E-state index is 0.432. The summed E-state index contributed by atoms with van der Waals surface area (Å²) in [7, 11) is 0. The average molecular weight is 478 g/mol. The fourth-order valence-electron chi connectivity index (χ4n) is 5.72. The lowest BCUT2D eigenvalue weighted by molar-refractivity contribution is -0.239. The Labute approximate surface area is 208 Å². The van der Waals surface area contributed by atoms with E-state index < -0.39 is 11.3 Å². The van der Waals surface area contributed by atoms with Crippen molar-refractivity contribution in [2.75, 3.05) is 13.2 Å². The molecule has 1 saturated carbocycles. The number of nitrogens with zero attached hydrogens (tertiary/aromatic N) is 4. The van der Waals surface area contributed by atoms with Crippen LogP contribution in [0.25, 0.3) is 38.9 Å². The van der Waals surface area contributed by atoms with E-state index >= 15 is 0 Å². The molecule has 0 radical (unpaired) electrons. The molecule has 1 aliphatic carbocycles. The summed E-state index contributed by atoms with van der Waals surface area (Å²) < 4.78 is 13.7. The highest BCUT2D eigenvalue weighted by molar-refractivity contribution is 5.98. The number of benzene rings is 2. The van der Waals surface area contributed by atoms with Crippen LogP contribution in [0.1, 0.15) is 31.2 Å². The third-order valence-corrected chi connectivity index (χ3v) is 7.56. The fourth-order valence-corrected chi connectivity index (χ4v) is 5.72. The highest BCUT2D eigenvalue weighted by atomic mass is 16.7. The molecule has 180 valence electrons. The Balaban J connectivity index is 1.33. The largest absolute Gasteiger partial charge is 0.347 e. The van der Waals surface area contributed by atoms with Crippen molar-refractivity contribution >= 4 is 16.6 Å². The molecule has 7 nitrogen and oxygen atoms in total. The van der Waals surface area contributed by atoms with Crippen LogP contribution < -0.4 is 5.73 Å². The maximum Gasteiger partial charge on any atom is 0.172 e. The van der Waals surface area contributed by atoms with Crippen LogP contribution in [0.2, 0.25) is 0 Å². The van der Waals surface area contributed by atoms with Crippen LogP contribution in [0.4, 0.5) is 0 Å². The molecule has 2 aromatic carbocycles. The van der Waals surface area contributed by atoms with Crippen LogP contribution in [0, 0.1) is 0 Å². The molecule has 36 heavy (non-hydrogen) atoms. The van der Waals surface area contributed by atoms with Gasteiger partial charge in [0.05, 0.1) is 30.0 Å². The quantitative estimate of drug-likeness (QED) is 0.398. The smallest absolute Gasteiger partial charge is 0.172 e. The van der Waals surface area contributed by atoms with Crippen LogP contribution in [0.3, 0.4) is 0 Å². The number of hydrogen-bond donors (Lipinski definition) is 1. The summed E-state index contributed by atoms with van der Waals surface area (Å²) in [5.74, 6) is 0.452. The number of pyridine rings is 2. The summed E-state index contributed by atoms with van der Waals surface area (Å²) in [5, 5.41) is 9.84. The molecular formula is C29H27N5O2. The van der Waals surface area contributed by atoms with Gasteiger partial charge in [-0.2, -0.15) is 0 Å². The topological polar surface area (TPSA) is 87.6 Å². The van der Waals surface area contributed by atoms with Crippen LogP contribution in [-0.2, 0) is 21.4 Å². The number of aryl methyl sites for hydroxylation is 1. The Bertz CT molecular complexity index is 1580. The van der Waals surface area contributed by atoms with Crippen molar-refractivity contribution in [3.63, 3.8) is 0 Å². The van der Waals surface area contributed by atoms with Gasteiger partial charge in [0.25, 0.3) is 0 Å². The number of aromatic nitrogens is 4. The van der Waals surface area contributed by atoms with Crippen molar-refractivity contribution in [1.29, 1.82) is 0 Å². The number of fused-ring (bicyclic) bond motifs is 3. The van der Waals surface area contributed by atoms with Crippen LogP contribution in [0.15, 0.2) is 72.9 Å². The molecule has 4 heterocycles. The summed E-state index contributed by atoms with van der Waals surface area (Å²) >= 11 is 0. The molecule has 2 aliphatic rings. The highest BCUT2D eigenvalue weighted by Crippen LogP contribution is 2.51. The molecule has 0 amide bonds. The lowest BCUT2D eigenvalue weighted by atomic mass is 9.68. The van der Waals surface area contributed by atoms with Crippen molar-refractivity contribution in [3.05, 3.63) is 84.3 Å². The van der Waals surface area contributed by atoms with Gasteiger partial charge in [-0.3, -0.25) is 4.40 Å². The molecule has 3 aromatic heterocycles. The summed E-state index contributed by atoms with van der Waals surface area (Å²) in [6, 6.07) is 23.1. The highest BCUT2D eigenvalue weighted by Gasteiger charge is 2.57. The zero-order valence-electron chi connectivity index (χ0n) is 20.1. The molecule has 1 aliphatic heterocycles. The van der Waals surface area contributed by atoms with E-state index in [1.54, 1.807) is 0 Å².